The third-order valence-electron chi connectivity index (χ3n) is 2.87. The molecule has 0 fully saturated rings. The second-order valence-electron chi connectivity index (χ2n) is 4.20. The summed E-state index contributed by atoms with van der Waals surface area (Å²) in [5.41, 5.74) is 0.0502. The van der Waals surface area contributed by atoms with Crippen molar-refractivity contribution in [2.24, 2.45) is 0 Å². The lowest BCUT2D eigenvalue weighted by atomic mass is 10.3. The Morgan fingerprint density at radius 3 is 2.65 bits per heavy atom. The summed E-state index contributed by atoms with van der Waals surface area (Å²) in [6.45, 7) is 5.44. The first-order chi connectivity index (χ1) is 9.58. The highest BCUT2D eigenvalue weighted by Gasteiger charge is 2.09. The molecule has 0 atom stereocenters. The number of thioether (sulfide) groups is 1. The number of rotatable bonds is 8. The maximum atomic E-state index is 11.8. The highest BCUT2D eigenvalue weighted by atomic mass is 32.2. The molecule has 0 saturated heterocycles. The number of carboxylic acid groups (broad SMARTS) is 1. The first kappa shape index (κ1) is 16.5. The zero-order chi connectivity index (χ0) is 15.0. The quantitative estimate of drug-likeness (QED) is 0.589. The molecule has 20 heavy (non-hydrogen) atoms. The Bertz CT molecular complexity index is 461. The van der Waals surface area contributed by atoms with Gasteiger partial charge in [-0.25, -0.2) is 9.78 Å². The van der Waals surface area contributed by atoms with Gasteiger partial charge in [-0.15, -0.1) is 11.8 Å². The van der Waals surface area contributed by atoms with Crippen LogP contribution in [0.25, 0.3) is 0 Å². The van der Waals surface area contributed by atoms with Crippen LogP contribution in [0.5, 0.6) is 0 Å². The van der Waals surface area contributed by atoms with E-state index in [1.165, 1.54) is 6.20 Å². The molecule has 1 N–H and O–H groups in total. The summed E-state index contributed by atoms with van der Waals surface area (Å²) in [7, 11) is 0. The Hall–Kier alpha value is -1.56. The third kappa shape index (κ3) is 5.21. The third-order valence-corrected chi connectivity index (χ3v) is 3.95. The molecule has 1 aromatic heterocycles. The number of carbonyl (C=O) groups excluding carboxylic acids is 1. The van der Waals surface area contributed by atoms with Crippen molar-refractivity contribution in [1.29, 1.82) is 0 Å². The van der Waals surface area contributed by atoms with Crippen LogP contribution in [0.4, 0.5) is 0 Å². The summed E-state index contributed by atoms with van der Waals surface area (Å²) < 4.78 is 0. The van der Waals surface area contributed by atoms with Crippen LogP contribution in [0, 0.1) is 0 Å². The minimum absolute atomic E-state index is 0.0502. The first-order valence-electron chi connectivity index (χ1n) is 6.68. The zero-order valence-electron chi connectivity index (χ0n) is 11.8. The molecule has 110 valence electrons. The van der Waals surface area contributed by atoms with Gasteiger partial charge in [-0.2, -0.15) is 0 Å². The number of pyridine rings is 1. The second-order valence-corrected chi connectivity index (χ2v) is 5.37. The Labute approximate surface area is 123 Å². The van der Waals surface area contributed by atoms with Gasteiger partial charge in [0.2, 0.25) is 5.91 Å². The summed E-state index contributed by atoms with van der Waals surface area (Å²) in [5.74, 6) is -0.0588. The lowest BCUT2D eigenvalue weighted by Crippen LogP contribution is -2.30. The molecule has 1 rings (SSSR count). The maximum Gasteiger partial charge on any atom is 0.354 e. The molecule has 6 heteroatoms. The van der Waals surface area contributed by atoms with E-state index in [4.69, 9.17) is 5.11 Å². The number of aromatic nitrogens is 1. The van der Waals surface area contributed by atoms with Gasteiger partial charge in [-0.05, 0) is 38.2 Å². The van der Waals surface area contributed by atoms with Gasteiger partial charge in [0, 0.05) is 30.6 Å². The Morgan fingerprint density at radius 1 is 1.35 bits per heavy atom. The molecule has 0 aliphatic rings. The van der Waals surface area contributed by atoms with Gasteiger partial charge in [0.25, 0.3) is 0 Å². The van der Waals surface area contributed by atoms with Crippen LogP contribution in [0.15, 0.2) is 23.2 Å². The Morgan fingerprint density at radius 2 is 2.05 bits per heavy atom. The first-order valence-corrected chi connectivity index (χ1v) is 7.67. The molecule has 0 spiro atoms. The largest absolute Gasteiger partial charge is 0.477 e. The van der Waals surface area contributed by atoms with E-state index in [0.717, 1.165) is 30.2 Å². The zero-order valence-corrected chi connectivity index (χ0v) is 12.7. The van der Waals surface area contributed by atoms with E-state index in [1.807, 2.05) is 18.7 Å². The number of amides is 1. The van der Waals surface area contributed by atoms with E-state index in [9.17, 15) is 9.59 Å². The van der Waals surface area contributed by atoms with Crippen LogP contribution >= 0.6 is 11.8 Å². The van der Waals surface area contributed by atoms with Crippen LogP contribution in [-0.2, 0) is 4.79 Å². The van der Waals surface area contributed by atoms with Gasteiger partial charge < -0.3 is 10.0 Å². The normalized spacial score (nSPS) is 10.3. The summed E-state index contributed by atoms with van der Waals surface area (Å²) in [6, 6.07) is 3.34. The number of carbonyl (C=O) groups is 2. The van der Waals surface area contributed by atoms with Crippen molar-refractivity contribution in [2.45, 2.75) is 31.6 Å². The van der Waals surface area contributed by atoms with E-state index >= 15 is 0 Å². The predicted octanol–water partition coefficient (Wildman–Crippen LogP) is 2.52. The van der Waals surface area contributed by atoms with Crippen molar-refractivity contribution < 1.29 is 14.7 Å². The molecule has 0 aromatic carbocycles. The topological polar surface area (TPSA) is 70.5 Å². The van der Waals surface area contributed by atoms with Crippen molar-refractivity contribution in [3.63, 3.8) is 0 Å². The standard InChI is InChI=1S/C14H20N2O3S/c1-3-16(4-2)13(17)6-5-9-20-11-7-8-15-12(10-11)14(18)19/h7-8,10H,3-6,9H2,1-2H3,(H,18,19). The van der Waals surface area contributed by atoms with Gasteiger partial charge in [0.05, 0.1) is 0 Å². The molecule has 1 aromatic rings. The molecular weight excluding hydrogens is 276 g/mol. The number of hydrogen-bond acceptors (Lipinski definition) is 4. The fourth-order valence-corrected chi connectivity index (χ4v) is 2.64. The SMILES string of the molecule is CCN(CC)C(=O)CCCSc1ccnc(C(=O)O)c1. The number of carboxylic acids is 1. The number of hydrogen-bond donors (Lipinski definition) is 1. The van der Waals surface area contributed by atoms with E-state index in [-0.39, 0.29) is 11.6 Å². The van der Waals surface area contributed by atoms with Gasteiger partial charge in [-0.1, -0.05) is 0 Å². The molecular formula is C14H20N2O3S. The molecule has 1 heterocycles. The Balaban J connectivity index is 2.36. The van der Waals surface area contributed by atoms with Crippen molar-refractivity contribution in [2.75, 3.05) is 18.8 Å². The molecule has 0 bridgehead atoms. The summed E-state index contributed by atoms with van der Waals surface area (Å²) >= 11 is 1.55. The molecule has 1 amide bonds. The van der Waals surface area contributed by atoms with Crippen molar-refractivity contribution in [1.82, 2.24) is 9.88 Å². The number of aromatic carboxylic acids is 1. The van der Waals surface area contributed by atoms with Gasteiger partial charge >= 0.3 is 5.97 Å². The molecule has 0 radical (unpaired) electrons. The molecule has 0 aliphatic heterocycles. The van der Waals surface area contributed by atoms with E-state index in [1.54, 1.807) is 23.9 Å². The van der Waals surface area contributed by atoms with Gasteiger partial charge in [-0.3, -0.25) is 4.79 Å². The maximum absolute atomic E-state index is 11.8. The lowest BCUT2D eigenvalue weighted by Gasteiger charge is -2.18. The minimum atomic E-state index is -1.02. The fraction of sp³-hybridized carbons (Fsp3) is 0.500. The van der Waals surface area contributed by atoms with Crippen molar-refractivity contribution in [3.8, 4) is 0 Å². The highest BCUT2D eigenvalue weighted by Crippen LogP contribution is 2.19. The fourth-order valence-electron chi connectivity index (χ4n) is 1.77. The smallest absolute Gasteiger partial charge is 0.354 e. The second kappa shape index (κ2) is 8.58. The highest BCUT2D eigenvalue weighted by molar-refractivity contribution is 7.99. The average Bonchev–Trinajstić information content (AvgIpc) is 2.45. The van der Waals surface area contributed by atoms with Crippen LogP contribution < -0.4 is 0 Å². The Kier molecular flexibility index (Phi) is 7.08. The summed E-state index contributed by atoms with van der Waals surface area (Å²) in [4.78, 5) is 29.0. The van der Waals surface area contributed by atoms with E-state index in [0.29, 0.717) is 6.42 Å². The average molecular weight is 296 g/mol. The van der Waals surface area contributed by atoms with Gasteiger partial charge in [0.1, 0.15) is 5.69 Å². The summed E-state index contributed by atoms with van der Waals surface area (Å²) in [6.07, 6.45) is 2.81. The summed E-state index contributed by atoms with van der Waals surface area (Å²) in [5, 5.41) is 8.85. The van der Waals surface area contributed by atoms with Crippen molar-refractivity contribution in [3.05, 3.63) is 24.0 Å². The van der Waals surface area contributed by atoms with Crippen molar-refractivity contribution >= 4 is 23.6 Å². The number of nitrogens with zero attached hydrogens (tertiary/aromatic N) is 2. The monoisotopic (exact) mass is 296 g/mol. The molecule has 0 saturated carbocycles. The predicted molar refractivity (Wildman–Crippen MR) is 79.1 cm³/mol. The van der Waals surface area contributed by atoms with Gasteiger partial charge in [0.15, 0.2) is 0 Å². The van der Waals surface area contributed by atoms with Crippen LogP contribution in [0.3, 0.4) is 0 Å². The minimum Gasteiger partial charge on any atom is -0.477 e. The lowest BCUT2D eigenvalue weighted by molar-refractivity contribution is -0.130. The van der Waals surface area contributed by atoms with E-state index < -0.39 is 5.97 Å². The molecule has 0 aliphatic carbocycles. The van der Waals surface area contributed by atoms with Crippen LogP contribution in [-0.4, -0.2) is 45.7 Å². The van der Waals surface area contributed by atoms with Crippen LogP contribution in [0.1, 0.15) is 37.2 Å². The van der Waals surface area contributed by atoms with E-state index in [2.05, 4.69) is 4.98 Å². The van der Waals surface area contributed by atoms with Crippen LogP contribution in [0.2, 0.25) is 0 Å². The molecule has 5 nitrogen and oxygen atoms in total. The molecule has 0 unspecified atom stereocenters.